The molecule has 0 aromatic rings. The van der Waals surface area contributed by atoms with E-state index in [4.69, 9.17) is 14.2 Å². The van der Waals surface area contributed by atoms with Gasteiger partial charge in [-0.3, -0.25) is 13.6 Å². The Bertz CT molecular complexity index is 725. The van der Waals surface area contributed by atoms with E-state index in [0.29, 0.717) is 27.0 Å². The van der Waals surface area contributed by atoms with Crippen molar-refractivity contribution >= 4 is 12.1 Å². The number of ether oxygens (including phenoxy) is 3. The van der Waals surface area contributed by atoms with E-state index in [0.717, 1.165) is 14.0 Å². The fraction of sp³-hybridized carbons (Fsp3) is 0.929. The van der Waals surface area contributed by atoms with Gasteiger partial charge < -0.3 is 24.8 Å². The van der Waals surface area contributed by atoms with Crippen LogP contribution in [-0.4, -0.2) is 144 Å². The fourth-order valence-electron chi connectivity index (χ4n) is 1.68. The topological polar surface area (TPSA) is 104 Å². The molecule has 31 heteroatoms. The Hall–Kier alpha value is -2.80. The van der Waals surface area contributed by atoms with Crippen LogP contribution in [0.2, 0.25) is 0 Å². The summed E-state index contributed by atoms with van der Waals surface area (Å²) >= 11 is 0. The quantitative estimate of drug-likeness (QED) is 0.0774. The monoisotopic (exact) mass is 946 g/mol. The molecule has 0 saturated carbocycles. The second-order valence-corrected chi connectivity index (χ2v) is 8.53. The highest BCUT2D eigenvalue weighted by Crippen LogP contribution is 2.17. The average Bonchev–Trinajstić information content (AvgIpc) is 3.10. The van der Waals surface area contributed by atoms with Crippen LogP contribution in [0, 0.1) is 0 Å². The molecule has 0 aliphatic rings. The Labute approximate surface area is 326 Å². The minimum atomic E-state index is -4.62. The highest BCUT2D eigenvalue weighted by molar-refractivity contribution is 5.77. The summed E-state index contributed by atoms with van der Waals surface area (Å²) in [6, 6.07) is -0.685. The van der Waals surface area contributed by atoms with Gasteiger partial charge in [0.25, 0.3) is 5.91 Å². The van der Waals surface area contributed by atoms with Crippen molar-refractivity contribution in [3.05, 3.63) is 0 Å². The van der Waals surface area contributed by atoms with Crippen molar-refractivity contribution in [1.29, 1.82) is 0 Å². The summed E-state index contributed by atoms with van der Waals surface area (Å²) in [6.45, 7) is -1.50. The molecule has 59 heavy (non-hydrogen) atoms. The molecule has 0 heterocycles. The van der Waals surface area contributed by atoms with Crippen LogP contribution in [0.3, 0.4) is 0 Å². The lowest BCUT2D eigenvalue weighted by Gasteiger charge is -2.17. The van der Waals surface area contributed by atoms with E-state index >= 15 is 0 Å². The highest BCUT2D eigenvalue weighted by Gasteiger charge is 2.28. The lowest BCUT2D eigenvalue weighted by atomic mass is 10.3. The van der Waals surface area contributed by atoms with Gasteiger partial charge in [0, 0.05) is 12.5 Å². The van der Waals surface area contributed by atoms with Gasteiger partial charge in [-0.05, 0) is 36.7 Å². The largest absolute Gasteiger partial charge is 0.416 e. The lowest BCUT2D eigenvalue weighted by Crippen LogP contribution is -2.37. The van der Waals surface area contributed by atoms with Crippen molar-refractivity contribution in [2.24, 2.45) is 0 Å². The van der Waals surface area contributed by atoms with Gasteiger partial charge in [-0.25, -0.2) is 39.9 Å². The standard InChI is InChI=1S/C14H26F2N2O5.C3H5F3.C2H2F4O.C2H2F4.C2H5F.3CH2F2.CH3FO.CH3F/c1-10(17-13(19)6-15)7-21-4-5-23-12(3)9-22-8-11(2)18-14(16)20;1-2-3(4,5)6;3-2(4,5)1-7-6;3-1-2(4,5)6;1-2-3;3*2-1-3;1-3-2;1-2/h10-12H,4-9H2,1-3H3,(H,17,19)(H,18,20);2H2,1H3;1H2;1H2;2H2,1H3;3*1H2;1H3;1H3. The van der Waals surface area contributed by atoms with Gasteiger partial charge in [0.1, 0.15) is 0 Å². The summed E-state index contributed by atoms with van der Waals surface area (Å²) in [7, 11) is 1.46. The van der Waals surface area contributed by atoms with Gasteiger partial charge in [0.15, 0.2) is 20.0 Å². The maximum Gasteiger partial charge on any atom is 0.416 e. The third-order valence-corrected chi connectivity index (χ3v) is 3.38. The van der Waals surface area contributed by atoms with Crippen LogP contribution in [-0.2, 0) is 28.9 Å². The fourth-order valence-corrected chi connectivity index (χ4v) is 1.68. The molecule has 0 radical (unpaired) electrons. The van der Waals surface area contributed by atoms with E-state index in [1.54, 1.807) is 13.8 Å². The van der Waals surface area contributed by atoms with E-state index in [1.165, 1.54) is 6.92 Å². The average molecular weight is 947 g/mol. The molecule has 2 N–H and O–H groups in total. The van der Waals surface area contributed by atoms with Crippen LogP contribution >= 0.6 is 0 Å². The third kappa shape index (κ3) is 160. The second-order valence-electron chi connectivity index (χ2n) is 8.53. The van der Waals surface area contributed by atoms with E-state index in [9.17, 15) is 106 Å². The molecule has 0 spiro atoms. The summed E-state index contributed by atoms with van der Waals surface area (Å²) in [5.74, 6) is -0.665. The van der Waals surface area contributed by atoms with Gasteiger partial charge in [-0.2, -0.15) is 49.4 Å². The van der Waals surface area contributed by atoms with Gasteiger partial charge >= 0.3 is 24.7 Å². The first-order valence-corrected chi connectivity index (χ1v) is 15.1. The van der Waals surface area contributed by atoms with E-state index in [2.05, 4.69) is 20.5 Å². The molecule has 0 bridgehead atoms. The zero-order valence-corrected chi connectivity index (χ0v) is 32.6. The zero-order chi connectivity index (χ0) is 49.5. The summed E-state index contributed by atoms with van der Waals surface area (Å²) < 4.78 is 244. The van der Waals surface area contributed by atoms with Gasteiger partial charge in [0.2, 0.25) is 20.8 Å². The number of hydrogen-bond donors (Lipinski definition) is 2. The number of nitrogens with one attached hydrogen (secondary N) is 2. The minimum absolute atomic E-state index is 0.185. The lowest BCUT2D eigenvalue weighted by molar-refractivity contribution is -0.245. The van der Waals surface area contributed by atoms with Gasteiger partial charge in [-0.1, -0.05) is 6.92 Å². The minimum Gasteiger partial charge on any atom is -0.377 e. The third-order valence-electron chi connectivity index (χ3n) is 3.38. The molecule has 0 aliphatic carbocycles. The van der Waals surface area contributed by atoms with Crippen LogP contribution in [0.25, 0.3) is 0 Å². The molecule has 3 unspecified atom stereocenters. The molecule has 0 fully saturated rings. The maximum absolute atomic E-state index is 12.0. The Morgan fingerprint density at radius 3 is 1.17 bits per heavy atom. The highest BCUT2D eigenvalue weighted by atomic mass is 19.4. The van der Waals surface area contributed by atoms with Crippen molar-refractivity contribution in [2.75, 3.05) is 94.7 Å². The van der Waals surface area contributed by atoms with Gasteiger partial charge in [0.05, 0.1) is 66.1 Å². The maximum atomic E-state index is 12.0. The van der Waals surface area contributed by atoms with Crippen LogP contribution in [0.4, 0.5) is 102 Å². The summed E-state index contributed by atoms with van der Waals surface area (Å²) in [5.41, 5.74) is 0. The molecule has 0 saturated heterocycles. The first-order valence-electron chi connectivity index (χ1n) is 15.1. The number of rotatable bonds is 14. The molecular formula is C28H52F22N2O7. The molecule has 0 rings (SSSR count). The Morgan fingerprint density at radius 2 is 0.932 bits per heavy atom. The number of carbonyl (C=O) groups is 2. The number of amides is 2. The normalized spacial score (nSPS) is 11.3. The van der Waals surface area contributed by atoms with Crippen molar-refractivity contribution < 1.29 is 131 Å². The van der Waals surface area contributed by atoms with Crippen molar-refractivity contribution in [3.63, 3.8) is 0 Å². The number of alkyl halides is 19. The van der Waals surface area contributed by atoms with E-state index < -0.39 is 83.8 Å². The summed E-state index contributed by atoms with van der Waals surface area (Å²) in [6.07, 6.45) is -15.6. The van der Waals surface area contributed by atoms with Crippen LogP contribution < -0.4 is 10.6 Å². The first-order chi connectivity index (χ1) is 27.1. The Balaban J connectivity index is -0.0000000681. The molecule has 9 nitrogen and oxygen atoms in total. The number of carbonyl (C=O) groups excluding carboxylic acids is 2. The predicted molar refractivity (Wildman–Crippen MR) is 169 cm³/mol. The molecule has 0 aromatic heterocycles. The Kier molecular flexibility index (Phi) is 87.5. The SMILES string of the molecule is CC(COCC(C)OCCOCC(C)NC(=O)CF)NC(=O)F.CCC(F)(F)F.CCF.CF.COF.FCC(F)(F)F.FCF.FCF.FCF.FOCC(F)(F)F. The first kappa shape index (κ1) is 80.2. The van der Waals surface area contributed by atoms with Crippen LogP contribution in [0.1, 0.15) is 41.0 Å². The number of hydrogen-bond acceptors (Lipinski definition) is 7. The van der Waals surface area contributed by atoms with E-state index in [-0.39, 0.29) is 32.0 Å². The van der Waals surface area contributed by atoms with Crippen molar-refractivity contribution in [3.8, 4) is 0 Å². The predicted octanol–water partition coefficient (Wildman–Crippen LogP) is 10.6. The number of halogens is 22. The smallest absolute Gasteiger partial charge is 0.377 e. The molecule has 2 amide bonds. The molecule has 0 aliphatic heterocycles. The van der Waals surface area contributed by atoms with Gasteiger partial charge in [-0.15, -0.1) is 4.39 Å². The molecule has 0 aromatic carbocycles. The second kappa shape index (κ2) is 64.3. The zero-order valence-electron chi connectivity index (χ0n) is 32.6. The molecule has 3 atom stereocenters. The molecular weight excluding hydrogens is 894 g/mol. The van der Waals surface area contributed by atoms with Crippen LogP contribution in [0.15, 0.2) is 0 Å². The summed E-state index contributed by atoms with van der Waals surface area (Å²) in [5, 5.41) is 4.48. The van der Waals surface area contributed by atoms with Crippen LogP contribution in [0.5, 0.6) is 0 Å². The Morgan fingerprint density at radius 1 is 0.610 bits per heavy atom. The molecule has 370 valence electrons. The van der Waals surface area contributed by atoms with Crippen molar-refractivity contribution in [1.82, 2.24) is 10.6 Å². The van der Waals surface area contributed by atoms with E-state index in [1.807, 2.05) is 6.92 Å². The van der Waals surface area contributed by atoms with Crippen molar-refractivity contribution in [2.45, 2.75) is 77.8 Å². The summed E-state index contributed by atoms with van der Waals surface area (Å²) in [4.78, 5) is 26.0.